The first-order chi connectivity index (χ1) is 12.2. The van der Waals surface area contributed by atoms with Gasteiger partial charge in [0, 0.05) is 44.8 Å². The highest BCUT2D eigenvalue weighted by Crippen LogP contribution is 2.27. The Morgan fingerprint density at radius 1 is 1.36 bits per heavy atom. The standard InChI is InChI=1S/C18H30N6O/c1-14-11-21-24(12-14)10-8-20-18(19-2)22-16-7-9-23(13-16)17(25)15-5-3-4-6-15/h11-12,15-16H,3-10,13H2,1-2H3,(H2,19,20,22). The van der Waals surface area contributed by atoms with Crippen LogP contribution >= 0.6 is 0 Å². The number of rotatable bonds is 5. The molecule has 0 spiro atoms. The molecular formula is C18H30N6O. The number of aromatic nitrogens is 2. The largest absolute Gasteiger partial charge is 0.355 e. The average molecular weight is 346 g/mol. The van der Waals surface area contributed by atoms with Crippen molar-refractivity contribution in [3.8, 4) is 0 Å². The lowest BCUT2D eigenvalue weighted by atomic mass is 10.1. The Hall–Kier alpha value is -2.05. The second-order valence-electron chi connectivity index (χ2n) is 7.18. The minimum atomic E-state index is 0.272. The van der Waals surface area contributed by atoms with Gasteiger partial charge in [0.15, 0.2) is 5.96 Å². The van der Waals surface area contributed by atoms with Crippen molar-refractivity contribution in [2.45, 2.75) is 51.6 Å². The second kappa shape index (κ2) is 8.36. The van der Waals surface area contributed by atoms with Crippen LogP contribution in [0.25, 0.3) is 0 Å². The van der Waals surface area contributed by atoms with Crippen LogP contribution in [0, 0.1) is 12.8 Å². The van der Waals surface area contributed by atoms with Crippen LogP contribution in [-0.4, -0.2) is 59.3 Å². The van der Waals surface area contributed by atoms with Gasteiger partial charge >= 0.3 is 0 Å². The molecule has 0 aromatic carbocycles. The number of guanidine groups is 1. The monoisotopic (exact) mass is 346 g/mol. The number of nitrogens with one attached hydrogen (secondary N) is 2. The van der Waals surface area contributed by atoms with E-state index in [0.717, 1.165) is 51.4 Å². The van der Waals surface area contributed by atoms with E-state index in [1.807, 2.05) is 28.9 Å². The second-order valence-corrected chi connectivity index (χ2v) is 7.18. The van der Waals surface area contributed by atoms with Crippen molar-refractivity contribution >= 4 is 11.9 Å². The Bertz CT molecular complexity index is 604. The zero-order valence-electron chi connectivity index (χ0n) is 15.4. The molecule has 7 nitrogen and oxygen atoms in total. The third-order valence-electron chi connectivity index (χ3n) is 5.16. The molecule has 25 heavy (non-hydrogen) atoms. The van der Waals surface area contributed by atoms with E-state index in [1.165, 1.54) is 18.4 Å². The molecule has 2 aliphatic rings. The molecule has 1 saturated heterocycles. The van der Waals surface area contributed by atoms with E-state index in [4.69, 9.17) is 0 Å². The van der Waals surface area contributed by atoms with Crippen molar-refractivity contribution in [3.63, 3.8) is 0 Å². The van der Waals surface area contributed by atoms with Gasteiger partial charge in [-0.2, -0.15) is 5.10 Å². The summed E-state index contributed by atoms with van der Waals surface area (Å²) in [6.07, 6.45) is 9.43. The topological polar surface area (TPSA) is 74.6 Å². The van der Waals surface area contributed by atoms with Crippen molar-refractivity contribution in [2.24, 2.45) is 10.9 Å². The maximum absolute atomic E-state index is 12.5. The number of aliphatic imine (C=N–C) groups is 1. The van der Waals surface area contributed by atoms with Crippen molar-refractivity contribution in [3.05, 3.63) is 18.0 Å². The first kappa shape index (κ1) is 17.8. The summed E-state index contributed by atoms with van der Waals surface area (Å²) in [6, 6.07) is 0.281. The van der Waals surface area contributed by atoms with Crippen LogP contribution < -0.4 is 10.6 Å². The molecule has 1 aromatic heterocycles. The molecule has 1 atom stereocenters. The number of amides is 1. The Morgan fingerprint density at radius 3 is 2.84 bits per heavy atom. The maximum Gasteiger partial charge on any atom is 0.225 e. The van der Waals surface area contributed by atoms with Crippen LogP contribution in [0.5, 0.6) is 0 Å². The molecule has 7 heteroatoms. The van der Waals surface area contributed by atoms with Crippen LogP contribution in [0.4, 0.5) is 0 Å². The van der Waals surface area contributed by atoms with Gasteiger partial charge in [0.05, 0.1) is 12.7 Å². The van der Waals surface area contributed by atoms with E-state index in [0.29, 0.717) is 5.91 Å². The number of hydrogen-bond acceptors (Lipinski definition) is 3. The fourth-order valence-corrected chi connectivity index (χ4v) is 3.78. The number of aryl methyl sites for hydroxylation is 1. The highest BCUT2D eigenvalue weighted by atomic mass is 16.2. The van der Waals surface area contributed by atoms with Gasteiger partial charge in [-0.15, -0.1) is 0 Å². The van der Waals surface area contributed by atoms with Gasteiger partial charge < -0.3 is 15.5 Å². The first-order valence-corrected chi connectivity index (χ1v) is 9.40. The molecular weight excluding hydrogens is 316 g/mol. The summed E-state index contributed by atoms with van der Waals surface area (Å²) < 4.78 is 1.92. The number of carbonyl (C=O) groups excluding carboxylic acids is 1. The van der Waals surface area contributed by atoms with Gasteiger partial charge in [0.2, 0.25) is 5.91 Å². The Morgan fingerprint density at radius 2 is 2.16 bits per heavy atom. The number of hydrogen-bond donors (Lipinski definition) is 2. The van der Waals surface area contributed by atoms with Gasteiger partial charge in [-0.3, -0.25) is 14.5 Å². The summed E-state index contributed by atoms with van der Waals surface area (Å²) >= 11 is 0. The van der Waals surface area contributed by atoms with E-state index in [1.54, 1.807) is 7.05 Å². The molecule has 3 rings (SSSR count). The molecule has 1 unspecified atom stereocenters. The lowest BCUT2D eigenvalue weighted by Crippen LogP contribution is -2.46. The molecule has 2 fully saturated rings. The molecule has 1 aliphatic heterocycles. The lowest BCUT2D eigenvalue weighted by Gasteiger charge is -2.21. The molecule has 138 valence electrons. The predicted octanol–water partition coefficient (Wildman–Crippen LogP) is 1.15. The number of carbonyl (C=O) groups is 1. The minimum absolute atomic E-state index is 0.272. The van der Waals surface area contributed by atoms with Crippen molar-refractivity contribution in [1.29, 1.82) is 0 Å². The molecule has 1 aliphatic carbocycles. The molecule has 0 bridgehead atoms. The van der Waals surface area contributed by atoms with Gasteiger partial charge in [-0.1, -0.05) is 12.8 Å². The molecule has 1 aromatic rings. The van der Waals surface area contributed by atoms with E-state index in [2.05, 4.69) is 20.7 Å². The van der Waals surface area contributed by atoms with E-state index in [-0.39, 0.29) is 12.0 Å². The zero-order chi connectivity index (χ0) is 17.6. The lowest BCUT2D eigenvalue weighted by molar-refractivity contribution is -0.134. The summed E-state index contributed by atoms with van der Waals surface area (Å²) in [5.41, 5.74) is 1.17. The van der Waals surface area contributed by atoms with Gasteiger partial charge in [-0.05, 0) is 31.7 Å². The maximum atomic E-state index is 12.5. The SMILES string of the molecule is CN=C(NCCn1cc(C)cn1)NC1CCN(C(=O)C2CCCC2)C1. The zero-order valence-corrected chi connectivity index (χ0v) is 15.4. The Kier molecular flexibility index (Phi) is 5.94. The fraction of sp³-hybridized carbons (Fsp3) is 0.722. The third kappa shape index (κ3) is 4.74. The molecule has 0 radical (unpaired) electrons. The van der Waals surface area contributed by atoms with Crippen molar-refractivity contribution in [1.82, 2.24) is 25.3 Å². The Balaban J connectivity index is 1.40. The molecule has 1 saturated carbocycles. The third-order valence-corrected chi connectivity index (χ3v) is 5.16. The smallest absolute Gasteiger partial charge is 0.225 e. The normalized spacial score (nSPS) is 21.8. The summed E-state index contributed by atoms with van der Waals surface area (Å²) in [4.78, 5) is 18.9. The van der Waals surface area contributed by atoms with Crippen LogP contribution in [-0.2, 0) is 11.3 Å². The highest BCUT2D eigenvalue weighted by molar-refractivity contribution is 5.81. The van der Waals surface area contributed by atoms with E-state index < -0.39 is 0 Å². The number of nitrogens with zero attached hydrogens (tertiary/aromatic N) is 4. The first-order valence-electron chi connectivity index (χ1n) is 9.40. The fourth-order valence-electron chi connectivity index (χ4n) is 3.78. The van der Waals surface area contributed by atoms with E-state index >= 15 is 0 Å². The summed E-state index contributed by atoms with van der Waals surface area (Å²) in [7, 11) is 1.78. The molecule has 2 heterocycles. The van der Waals surface area contributed by atoms with Crippen molar-refractivity contribution < 1.29 is 4.79 Å². The highest BCUT2D eigenvalue weighted by Gasteiger charge is 2.32. The van der Waals surface area contributed by atoms with Gasteiger partial charge in [0.25, 0.3) is 0 Å². The van der Waals surface area contributed by atoms with Crippen LogP contribution in [0.3, 0.4) is 0 Å². The summed E-state index contributed by atoms with van der Waals surface area (Å²) in [6.45, 7) is 5.24. The Labute approximate surface area is 149 Å². The van der Waals surface area contributed by atoms with Crippen LogP contribution in [0.1, 0.15) is 37.7 Å². The van der Waals surface area contributed by atoms with Crippen molar-refractivity contribution in [2.75, 3.05) is 26.7 Å². The predicted molar refractivity (Wildman–Crippen MR) is 98.4 cm³/mol. The summed E-state index contributed by atoms with van der Waals surface area (Å²) in [5, 5.41) is 11.1. The van der Waals surface area contributed by atoms with Crippen LogP contribution in [0.15, 0.2) is 17.4 Å². The van der Waals surface area contributed by atoms with Gasteiger partial charge in [-0.25, -0.2) is 0 Å². The average Bonchev–Trinajstić information content (AvgIpc) is 3.35. The van der Waals surface area contributed by atoms with Crippen LogP contribution in [0.2, 0.25) is 0 Å². The van der Waals surface area contributed by atoms with E-state index in [9.17, 15) is 4.79 Å². The van der Waals surface area contributed by atoms with Gasteiger partial charge in [0.1, 0.15) is 0 Å². The number of likely N-dealkylation sites (tertiary alicyclic amines) is 1. The summed E-state index contributed by atoms with van der Waals surface area (Å²) in [5.74, 6) is 1.43. The molecule has 1 amide bonds. The quantitative estimate of drug-likeness (QED) is 0.619. The molecule has 2 N–H and O–H groups in total. The minimum Gasteiger partial charge on any atom is -0.355 e.